The zero-order valence-electron chi connectivity index (χ0n) is 9.32. The molecule has 0 unspecified atom stereocenters. The van der Waals surface area contributed by atoms with Crippen LogP contribution in [-0.2, 0) is 9.84 Å². The van der Waals surface area contributed by atoms with Gasteiger partial charge in [0.05, 0.1) is 22.1 Å². The van der Waals surface area contributed by atoms with Crippen LogP contribution in [0.15, 0.2) is 18.2 Å². The van der Waals surface area contributed by atoms with Crippen molar-refractivity contribution in [2.24, 2.45) is 0 Å². The predicted octanol–water partition coefficient (Wildman–Crippen LogP) is 1.40. The van der Waals surface area contributed by atoms with Gasteiger partial charge in [-0.25, -0.2) is 12.8 Å². The van der Waals surface area contributed by atoms with Crippen molar-refractivity contribution in [2.75, 3.05) is 11.5 Å². The molecule has 1 N–H and O–H groups in total. The topological polar surface area (TPSA) is 63.2 Å². The molecular formula is C11H11ClFNO3S. The smallest absolute Gasteiger partial charge is 0.256 e. The van der Waals surface area contributed by atoms with Crippen LogP contribution in [0.1, 0.15) is 16.8 Å². The van der Waals surface area contributed by atoms with Gasteiger partial charge in [0.1, 0.15) is 5.82 Å². The summed E-state index contributed by atoms with van der Waals surface area (Å²) in [6, 6.07) is 3.46. The van der Waals surface area contributed by atoms with Crippen LogP contribution in [0.2, 0.25) is 5.02 Å². The van der Waals surface area contributed by atoms with Gasteiger partial charge in [-0.1, -0.05) is 17.7 Å². The Labute approximate surface area is 109 Å². The molecule has 1 aromatic carbocycles. The molecule has 4 nitrogen and oxygen atoms in total. The van der Waals surface area contributed by atoms with Gasteiger partial charge in [0.15, 0.2) is 9.84 Å². The first-order chi connectivity index (χ1) is 8.39. The molecule has 0 bridgehead atoms. The Morgan fingerprint density at radius 1 is 1.44 bits per heavy atom. The van der Waals surface area contributed by atoms with Crippen molar-refractivity contribution in [3.8, 4) is 0 Å². The van der Waals surface area contributed by atoms with E-state index in [9.17, 15) is 17.6 Å². The zero-order chi connectivity index (χ0) is 13.3. The second-order valence-corrected chi connectivity index (χ2v) is 6.81. The minimum Gasteiger partial charge on any atom is -0.348 e. The minimum atomic E-state index is -3.08. The highest BCUT2D eigenvalue weighted by Gasteiger charge is 2.30. The second kappa shape index (κ2) is 4.85. The van der Waals surface area contributed by atoms with Gasteiger partial charge < -0.3 is 5.32 Å². The van der Waals surface area contributed by atoms with Crippen LogP contribution in [0, 0.1) is 5.82 Å². The summed E-state index contributed by atoms with van der Waals surface area (Å²) in [6.07, 6.45) is 0.347. The van der Waals surface area contributed by atoms with E-state index in [1.165, 1.54) is 12.1 Å². The number of hydrogen-bond donors (Lipinski definition) is 1. The summed E-state index contributed by atoms with van der Waals surface area (Å²) in [5.74, 6) is -1.46. The number of amides is 1. The van der Waals surface area contributed by atoms with Gasteiger partial charge in [-0.3, -0.25) is 4.79 Å². The summed E-state index contributed by atoms with van der Waals surface area (Å²) >= 11 is 5.75. The summed E-state index contributed by atoms with van der Waals surface area (Å²) < 4.78 is 35.9. The third kappa shape index (κ3) is 2.81. The monoisotopic (exact) mass is 291 g/mol. The normalized spacial score (nSPS) is 21.8. The van der Waals surface area contributed by atoms with Gasteiger partial charge >= 0.3 is 0 Å². The van der Waals surface area contributed by atoms with Crippen LogP contribution in [0.25, 0.3) is 0 Å². The number of rotatable bonds is 2. The third-order valence-corrected chi connectivity index (χ3v) is 4.84. The SMILES string of the molecule is O=C(N[C@H]1CCS(=O)(=O)C1)c1c(F)cccc1Cl. The van der Waals surface area contributed by atoms with Gasteiger partial charge in [-0.2, -0.15) is 0 Å². The Hall–Kier alpha value is -1.14. The molecule has 1 aromatic rings. The van der Waals surface area contributed by atoms with E-state index in [0.717, 1.165) is 6.07 Å². The molecule has 0 radical (unpaired) electrons. The van der Waals surface area contributed by atoms with Crippen molar-refractivity contribution in [1.29, 1.82) is 0 Å². The fourth-order valence-corrected chi connectivity index (χ4v) is 3.80. The standard InChI is InChI=1S/C11H11ClFNO3S/c12-8-2-1-3-9(13)10(8)11(15)14-7-4-5-18(16,17)6-7/h1-3,7H,4-6H2,(H,14,15)/t7-/m0/s1. The number of sulfone groups is 1. The molecule has 1 aliphatic heterocycles. The van der Waals surface area contributed by atoms with Crippen LogP contribution in [0.5, 0.6) is 0 Å². The lowest BCUT2D eigenvalue weighted by atomic mass is 10.1. The molecule has 2 rings (SSSR count). The number of hydrogen-bond acceptors (Lipinski definition) is 3. The van der Waals surface area contributed by atoms with Crippen molar-refractivity contribution in [1.82, 2.24) is 5.32 Å². The van der Waals surface area contributed by atoms with E-state index in [1.54, 1.807) is 0 Å². The lowest BCUT2D eigenvalue weighted by Gasteiger charge is -2.12. The quantitative estimate of drug-likeness (QED) is 0.896. The highest BCUT2D eigenvalue weighted by atomic mass is 35.5. The summed E-state index contributed by atoms with van der Waals surface area (Å²) in [6.45, 7) is 0. The van der Waals surface area contributed by atoms with E-state index in [0.29, 0.717) is 6.42 Å². The average Bonchev–Trinajstić information content (AvgIpc) is 2.57. The van der Waals surface area contributed by atoms with E-state index < -0.39 is 27.6 Å². The van der Waals surface area contributed by atoms with Crippen LogP contribution in [0.3, 0.4) is 0 Å². The summed E-state index contributed by atoms with van der Waals surface area (Å²) in [7, 11) is -3.08. The van der Waals surface area contributed by atoms with Gasteiger partial charge in [0, 0.05) is 6.04 Å². The Kier molecular flexibility index (Phi) is 3.59. The van der Waals surface area contributed by atoms with Crippen molar-refractivity contribution < 1.29 is 17.6 Å². The molecule has 1 fully saturated rings. The van der Waals surface area contributed by atoms with Gasteiger partial charge in [-0.05, 0) is 18.6 Å². The van der Waals surface area contributed by atoms with Gasteiger partial charge in [0.2, 0.25) is 0 Å². The highest BCUT2D eigenvalue weighted by molar-refractivity contribution is 7.91. The maximum Gasteiger partial charge on any atom is 0.256 e. The first-order valence-electron chi connectivity index (χ1n) is 5.34. The second-order valence-electron chi connectivity index (χ2n) is 4.17. The summed E-state index contributed by atoms with van der Waals surface area (Å²) in [5, 5.41) is 2.50. The van der Waals surface area contributed by atoms with Crippen molar-refractivity contribution in [3.05, 3.63) is 34.6 Å². The van der Waals surface area contributed by atoms with E-state index in [4.69, 9.17) is 11.6 Å². The lowest BCUT2D eigenvalue weighted by molar-refractivity contribution is 0.0937. The Bertz CT molecular complexity index is 568. The molecule has 0 saturated carbocycles. The Morgan fingerprint density at radius 2 is 2.17 bits per heavy atom. The number of benzene rings is 1. The first-order valence-corrected chi connectivity index (χ1v) is 7.54. The third-order valence-electron chi connectivity index (χ3n) is 2.76. The van der Waals surface area contributed by atoms with Crippen LogP contribution in [0.4, 0.5) is 4.39 Å². The van der Waals surface area contributed by atoms with Crippen LogP contribution < -0.4 is 5.32 Å². The molecule has 1 saturated heterocycles. The molecule has 1 aliphatic rings. The van der Waals surface area contributed by atoms with E-state index in [1.807, 2.05) is 0 Å². The number of halogens is 2. The van der Waals surface area contributed by atoms with E-state index in [2.05, 4.69) is 5.32 Å². The molecule has 1 amide bonds. The maximum atomic E-state index is 13.5. The molecule has 0 aromatic heterocycles. The highest BCUT2D eigenvalue weighted by Crippen LogP contribution is 2.20. The first kappa shape index (κ1) is 13.3. The fourth-order valence-electron chi connectivity index (χ4n) is 1.88. The molecule has 1 atom stereocenters. The van der Waals surface area contributed by atoms with Crippen molar-refractivity contribution >= 4 is 27.3 Å². The Balaban J connectivity index is 2.14. The summed E-state index contributed by atoms with van der Waals surface area (Å²) in [4.78, 5) is 11.8. The number of carbonyl (C=O) groups is 1. The molecule has 1 heterocycles. The molecule has 18 heavy (non-hydrogen) atoms. The van der Waals surface area contributed by atoms with E-state index >= 15 is 0 Å². The molecular weight excluding hydrogens is 281 g/mol. The largest absolute Gasteiger partial charge is 0.348 e. The van der Waals surface area contributed by atoms with Gasteiger partial charge in [0.25, 0.3) is 5.91 Å². The maximum absolute atomic E-state index is 13.5. The fraction of sp³-hybridized carbons (Fsp3) is 0.364. The number of carbonyl (C=O) groups excluding carboxylic acids is 1. The minimum absolute atomic E-state index is 0.00774. The van der Waals surface area contributed by atoms with Crippen molar-refractivity contribution in [3.63, 3.8) is 0 Å². The van der Waals surface area contributed by atoms with Crippen molar-refractivity contribution in [2.45, 2.75) is 12.5 Å². The van der Waals surface area contributed by atoms with Crippen LogP contribution in [-0.4, -0.2) is 31.9 Å². The van der Waals surface area contributed by atoms with Gasteiger partial charge in [-0.15, -0.1) is 0 Å². The lowest BCUT2D eigenvalue weighted by Crippen LogP contribution is -2.36. The summed E-state index contributed by atoms with van der Waals surface area (Å²) in [5.41, 5.74) is -0.247. The Morgan fingerprint density at radius 3 is 2.72 bits per heavy atom. The molecule has 7 heteroatoms. The predicted molar refractivity (Wildman–Crippen MR) is 65.9 cm³/mol. The van der Waals surface area contributed by atoms with Crippen LogP contribution >= 0.6 is 11.6 Å². The van der Waals surface area contributed by atoms with E-state index in [-0.39, 0.29) is 22.1 Å². The average molecular weight is 292 g/mol. The molecule has 0 spiro atoms. The molecule has 98 valence electrons. The number of nitrogens with one attached hydrogen (secondary N) is 1. The molecule has 0 aliphatic carbocycles. The zero-order valence-corrected chi connectivity index (χ0v) is 10.9.